The van der Waals surface area contributed by atoms with E-state index in [2.05, 4.69) is 17.1 Å². The number of esters is 1. The van der Waals surface area contributed by atoms with Gasteiger partial charge in [-0.25, -0.2) is 9.18 Å². The van der Waals surface area contributed by atoms with E-state index in [1.54, 1.807) is 6.07 Å². The summed E-state index contributed by atoms with van der Waals surface area (Å²) < 4.78 is 18.1. The molecule has 0 aromatic heterocycles. The third-order valence-electron chi connectivity index (χ3n) is 4.01. The van der Waals surface area contributed by atoms with Crippen molar-refractivity contribution < 1.29 is 13.9 Å². The summed E-state index contributed by atoms with van der Waals surface area (Å²) in [6, 6.07) is 4.51. The Morgan fingerprint density at radius 2 is 2.24 bits per heavy atom. The second-order valence-corrected chi connectivity index (χ2v) is 5.39. The fraction of sp³-hybridized carbons (Fsp3) is 0.562. The Morgan fingerprint density at radius 1 is 1.43 bits per heavy atom. The third-order valence-corrected chi connectivity index (χ3v) is 4.01. The number of benzene rings is 1. The van der Waals surface area contributed by atoms with E-state index in [1.165, 1.54) is 19.2 Å². The molecule has 0 saturated carbocycles. The highest BCUT2D eigenvalue weighted by Gasteiger charge is 2.19. The van der Waals surface area contributed by atoms with E-state index in [9.17, 15) is 9.18 Å². The fourth-order valence-corrected chi connectivity index (χ4v) is 2.76. The molecule has 0 aliphatic carbocycles. The maximum atomic E-state index is 13.3. The van der Waals surface area contributed by atoms with Crippen LogP contribution in [0.15, 0.2) is 18.2 Å². The van der Waals surface area contributed by atoms with Crippen molar-refractivity contribution in [2.75, 3.05) is 32.1 Å². The molecule has 0 radical (unpaired) electrons. The van der Waals surface area contributed by atoms with Crippen LogP contribution in [0.25, 0.3) is 0 Å². The number of hydrogen-bond donors (Lipinski definition) is 1. The SMILES string of the molecule is CCN1CCCC(Nc2ccc(F)cc2C(=O)OC)CC1. The van der Waals surface area contributed by atoms with Gasteiger partial charge < -0.3 is 15.0 Å². The number of likely N-dealkylation sites (tertiary alicyclic amines) is 1. The van der Waals surface area contributed by atoms with Crippen molar-refractivity contribution in [1.82, 2.24) is 4.90 Å². The van der Waals surface area contributed by atoms with Crippen molar-refractivity contribution in [2.45, 2.75) is 32.2 Å². The van der Waals surface area contributed by atoms with E-state index in [1.807, 2.05) is 0 Å². The third kappa shape index (κ3) is 4.17. The summed E-state index contributed by atoms with van der Waals surface area (Å²) in [7, 11) is 1.31. The van der Waals surface area contributed by atoms with Crippen LogP contribution in [0.5, 0.6) is 0 Å². The second-order valence-electron chi connectivity index (χ2n) is 5.39. The Morgan fingerprint density at radius 3 is 2.95 bits per heavy atom. The molecule has 116 valence electrons. The van der Waals surface area contributed by atoms with E-state index in [4.69, 9.17) is 4.74 Å². The quantitative estimate of drug-likeness (QED) is 0.867. The molecular formula is C16H23FN2O2. The number of anilines is 1. The maximum absolute atomic E-state index is 13.3. The van der Waals surface area contributed by atoms with Gasteiger partial charge in [0.05, 0.1) is 12.7 Å². The van der Waals surface area contributed by atoms with Gasteiger partial charge in [0.25, 0.3) is 0 Å². The van der Waals surface area contributed by atoms with Gasteiger partial charge in [0.2, 0.25) is 0 Å². The highest BCUT2D eigenvalue weighted by atomic mass is 19.1. The first kappa shape index (κ1) is 15.8. The molecule has 1 N–H and O–H groups in total. The molecule has 1 heterocycles. The molecule has 1 fully saturated rings. The first-order chi connectivity index (χ1) is 10.1. The zero-order chi connectivity index (χ0) is 15.2. The van der Waals surface area contributed by atoms with E-state index in [0.29, 0.717) is 11.7 Å². The summed E-state index contributed by atoms with van der Waals surface area (Å²) in [6.07, 6.45) is 3.20. The summed E-state index contributed by atoms with van der Waals surface area (Å²) >= 11 is 0. The molecule has 5 heteroatoms. The first-order valence-corrected chi connectivity index (χ1v) is 7.50. The van der Waals surface area contributed by atoms with Crippen LogP contribution in [0.3, 0.4) is 0 Å². The van der Waals surface area contributed by atoms with Crippen LogP contribution in [-0.2, 0) is 4.74 Å². The number of carbonyl (C=O) groups excluding carboxylic acids is 1. The van der Waals surface area contributed by atoms with Gasteiger partial charge in [-0.3, -0.25) is 0 Å². The van der Waals surface area contributed by atoms with Crippen LogP contribution in [0.1, 0.15) is 36.5 Å². The van der Waals surface area contributed by atoms with E-state index in [0.717, 1.165) is 38.9 Å². The second kappa shape index (κ2) is 7.41. The molecule has 0 amide bonds. The van der Waals surface area contributed by atoms with Crippen LogP contribution in [-0.4, -0.2) is 43.7 Å². The molecule has 1 unspecified atom stereocenters. The van der Waals surface area contributed by atoms with E-state index < -0.39 is 11.8 Å². The van der Waals surface area contributed by atoms with Crippen molar-refractivity contribution in [3.8, 4) is 0 Å². The molecule has 4 nitrogen and oxygen atoms in total. The number of rotatable bonds is 4. The van der Waals surface area contributed by atoms with Crippen LogP contribution in [0.4, 0.5) is 10.1 Å². The predicted octanol–water partition coefficient (Wildman–Crippen LogP) is 2.90. The van der Waals surface area contributed by atoms with Crippen molar-refractivity contribution in [3.63, 3.8) is 0 Å². The van der Waals surface area contributed by atoms with Crippen LogP contribution >= 0.6 is 0 Å². The molecule has 1 aromatic carbocycles. The van der Waals surface area contributed by atoms with Gasteiger partial charge >= 0.3 is 5.97 Å². The molecule has 0 spiro atoms. The molecule has 1 atom stereocenters. The number of carbonyl (C=O) groups is 1. The minimum Gasteiger partial charge on any atom is -0.465 e. The zero-order valence-corrected chi connectivity index (χ0v) is 12.7. The van der Waals surface area contributed by atoms with Gasteiger partial charge in [-0.2, -0.15) is 0 Å². The number of halogens is 1. The Kier molecular flexibility index (Phi) is 5.56. The van der Waals surface area contributed by atoms with E-state index in [-0.39, 0.29) is 5.56 Å². The molecule has 0 bridgehead atoms. The average molecular weight is 294 g/mol. The topological polar surface area (TPSA) is 41.6 Å². The van der Waals surface area contributed by atoms with Gasteiger partial charge in [0.15, 0.2) is 0 Å². The molecule has 2 rings (SSSR count). The van der Waals surface area contributed by atoms with Crippen molar-refractivity contribution in [2.24, 2.45) is 0 Å². The maximum Gasteiger partial charge on any atom is 0.340 e. The number of nitrogens with zero attached hydrogens (tertiary/aromatic N) is 1. The van der Waals surface area contributed by atoms with Crippen LogP contribution < -0.4 is 5.32 Å². The molecule has 1 aliphatic rings. The van der Waals surface area contributed by atoms with E-state index >= 15 is 0 Å². The lowest BCUT2D eigenvalue weighted by Crippen LogP contribution is -2.26. The molecule has 1 aliphatic heterocycles. The number of hydrogen-bond acceptors (Lipinski definition) is 4. The van der Waals surface area contributed by atoms with Gasteiger partial charge in [-0.05, 0) is 50.6 Å². The van der Waals surface area contributed by atoms with Gasteiger partial charge in [0, 0.05) is 18.3 Å². The minimum atomic E-state index is -0.513. The van der Waals surface area contributed by atoms with Crippen molar-refractivity contribution >= 4 is 11.7 Å². The molecule has 1 aromatic rings. The highest BCUT2D eigenvalue weighted by molar-refractivity contribution is 5.95. The van der Waals surface area contributed by atoms with Gasteiger partial charge in [-0.15, -0.1) is 0 Å². The lowest BCUT2D eigenvalue weighted by molar-refractivity contribution is 0.0601. The summed E-state index contributed by atoms with van der Waals surface area (Å²) in [5.74, 6) is -0.945. The highest BCUT2D eigenvalue weighted by Crippen LogP contribution is 2.22. The lowest BCUT2D eigenvalue weighted by Gasteiger charge is -2.20. The van der Waals surface area contributed by atoms with Gasteiger partial charge in [-0.1, -0.05) is 6.92 Å². The predicted molar refractivity (Wildman–Crippen MR) is 81.1 cm³/mol. The van der Waals surface area contributed by atoms with Crippen molar-refractivity contribution in [3.05, 3.63) is 29.6 Å². The Bertz CT molecular complexity index is 493. The largest absolute Gasteiger partial charge is 0.465 e. The average Bonchev–Trinajstić information content (AvgIpc) is 2.73. The van der Waals surface area contributed by atoms with Crippen molar-refractivity contribution in [1.29, 1.82) is 0 Å². The normalized spacial score (nSPS) is 19.9. The monoisotopic (exact) mass is 294 g/mol. The summed E-state index contributed by atoms with van der Waals surface area (Å²) in [4.78, 5) is 14.2. The number of nitrogens with one attached hydrogen (secondary N) is 1. The standard InChI is InChI=1S/C16H23FN2O2/c1-3-19-9-4-5-13(8-10-19)18-15-7-6-12(17)11-14(15)16(20)21-2/h6-7,11,13,18H,3-5,8-10H2,1-2H3. The smallest absolute Gasteiger partial charge is 0.340 e. The Balaban J connectivity index is 2.10. The Hall–Kier alpha value is -1.62. The number of methoxy groups -OCH3 is 1. The summed E-state index contributed by atoms with van der Waals surface area (Å²) in [6.45, 7) is 5.39. The first-order valence-electron chi connectivity index (χ1n) is 7.50. The van der Waals surface area contributed by atoms with Crippen LogP contribution in [0.2, 0.25) is 0 Å². The lowest BCUT2D eigenvalue weighted by atomic mass is 10.1. The summed E-state index contributed by atoms with van der Waals surface area (Å²) in [5, 5.41) is 3.38. The fourth-order valence-electron chi connectivity index (χ4n) is 2.76. The number of ether oxygens (including phenoxy) is 1. The Labute approximate surface area is 125 Å². The molecule has 1 saturated heterocycles. The van der Waals surface area contributed by atoms with Gasteiger partial charge in [0.1, 0.15) is 5.82 Å². The zero-order valence-electron chi connectivity index (χ0n) is 12.7. The summed E-state index contributed by atoms with van der Waals surface area (Å²) in [5.41, 5.74) is 0.910. The minimum absolute atomic E-state index is 0.258. The molecular weight excluding hydrogens is 271 g/mol. The van der Waals surface area contributed by atoms with Crippen LogP contribution in [0, 0.1) is 5.82 Å². The molecule has 21 heavy (non-hydrogen) atoms.